The van der Waals surface area contributed by atoms with Crippen LogP contribution in [0.5, 0.6) is 0 Å². The molecule has 3 nitrogen and oxygen atoms in total. The Labute approximate surface area is 145 Å². The van der Waals surface area contributed by atoms with Crippen LogP contribution in [0, 0.1) is 5.41 Å². The van der Waals surface area contributed by atoms with E-state index >= 15 is 0 Å². The molecule has 2 rings (SSSR count). The largest absolute Gasteiger partial charge is 0.300 e. The number of ketones is 2. The molecule has 0 bridgehead atoms. The maximum atomic E-state index is 12.6. The number of carbonyl (C=O) groups is 2. The van der Waals surface area contributed by atoms with Gasteiger partial charge in [-0.3, -0.25) is 14.5 Å². The molecule has 1 aliphatic heterocycles. The van der Waals surface area contributed by atoms with Crippen molar-refractivity contribution < 1.29 is 9.59 Å². The minimum absolute atomic E-state index is 0.136. The fourth-order valence-corrected chi connectivity index (χ4v) is 3.59. The van der Waals surface area contributed by atoms with Crippen molar-refractivity contribution in [3.05, 3.63) is 42.0 Å². The molecular weight excluding hydrogens is 298 g/mol. The summed E-state index contributed by atoms with van der Waals surface area (Å²) >= 11 is 0. The molecule has 1 fully saturated rings. The van der Waals surface area contributed by atoms with Gasteiger partial charge in [0.15, 0.2) is 0 Å². The van der Waals surface area contributed by atoms with Gasteiger partial charge in [-0.1, -0.05) is 49.4 Å². The Balaban J connectivity index is 1.91. The van der Waals surface area contributed by atoms with Crippen molar-refractivity contribution in [1.82, 2.24) is 4.90 Å². The predicted octanol–water partition coefficient (Wildman–Crippen LogP) is 4.13. The van der Waals surface area contributed by atoms with Crippen molar-refractivity contribution in [1.29, 1.82) is 0 Å². The fraction of sp³-hybridized carbons (Fsp3) is 0.524. The van der Waals surface area contributed by atoms with E-state index in [9.17, 15) is 9.59 Å². The molecule has 24 heavy (non-hydrogen) atoms. The van der Waals surface area contributed by atoms with E-state index in [0.29, 0.717) is 18.6 Å². The molecule has 0 saturated carbocycles. The summed E-state index contributed by atoms with van der Waals surface area (Å²) in [5, 5.41) is 0. The van der Waals surface area contributed by atoms with Crippen molar-refractivity contribution in [3.8, 4) is 0 Å². The third-order valence-electron chi connectivity index (χ3n) is 4.94. The molecular formula is C21H29NO2. The second-order valence-corrected chi connectivity index (χ2v) is 6.95. The second-order valence-electron chi connectivity index (χ2n) is 6.95. The lowest BCUT2D eigenvalue weighted by Crippen LogP contribution is -2.45. The Morgan fingerprint density at radius 1 is 1.17 bits per heavy atom. The average molecular weight is 327 g/mol. The SMILES string of the molecule is CCCC(=O)C1(CC(C)=O)CCN(CC=Cc2ccccc2)CC1. The van der Waals surface area contributed by atoms with Crippen LogP contribution in [0.2, 0.25) is 0 Å². The fourth-order valence-electron chi connectivity index (χ4n) is 3.59. The molecule has 130 valence electrons. The Bertz CT molecular complexity index is 569. The summed E-state index contributed by atoms with van der Waals surface area (Å²) in [4.78, 5) is 26.6. The van der Waals surface area contributed by atoms with E-state index in [-0.39, 0.29) is 5.78 Å². The first-order chi connectivity index (χ1) is 11.6. The van der Waals surface area contributed by atoms with Gasteiger partial charge in [0.2, 0.25) is 0 Å². The number of rotatable bonds is 8. The maximum Gasteiger partial charge on any atom is 0.139 e. The average Bonchev–Trinajstić information content (AvgIpc) is 2.57. The molecule has 1 saturated heterocycles. The number of nitrogens with zero attached hydrogens (tertiary/aromatic N) is 1. The van der Waals surface area contributed by atoms with Crippen LogP contribution in [-0.4, -0.2) is 36.1 Å². The van der Waals surface area contributed by atoms with Crippen LogP contribution in [0.4, 0.5) is 0 Å². The van der Waals surface area contributed by atoms with Crippen LogP contribution < -0.4 is 0 Å². The summed E-state index contributed by atoms with van der Waals surface area (Å²) in [6.07, 6.45) is 7.82. The highest BCUT2D eigenvalue weighted by Gasteiger charge is 2.40. The summed E-state index contributed by atoms with van der Waals surface area (Å²) in [6, 6.07) is 10.3. The van der Waals surface area contributed by atoms with Gasteiger partial charge in [-0.2, -0.15) is 0 Å². The third-order valence-corrected chi connectivity index (χ3v) is 4.94. The minimum atomic E-state index is -0.401. The molecule has 1 aliphatic rings. The molecule has 0 spiro atoms. The zero-order valence-corrected chi connectivity index (χ0v) is 15.0. The van der Waals surface area contributed by atoms with E-state index in [0.717, 1.165) is 38.9 Å². The number of benzene rings is 1. The first-order valence-corrected chi connectivity index (χ1v) is 9.02. The monoisotopic (exact) mass is 327 g/mol. The zero-order chi connectivity index (χ0) is 17.4. The predicted molar refractivity (Wildman–Crippen MR) is 98.8 cm³/mol. The van der Waals surface area contributed by atoms with Gasteiger partial charge in [0.05, 0.1) is 0 Å². The lowest BCUT2D eigenvalue weighted by atomic mass is 9.70. The molecule has 1 aromatic carbocycles. The van der Waals surface area contributed by atoms with Crippen molar-refractivity contribution in [2.45, 2.75) is 46.0 Å². The summed E-state index contributed by atoms with van der Waals surface area (Å²) in [6.45, 7) is 6.32. The smallest absolute Gasteiger partial charge is 0.139 e. The molecule has 0 unspecified atom stereocenters. The Morgan fingerprint density at radius 2 is 1.83 bits per heavy atom. The van der Waals surface area contributed by atoms with E-state index in [4.69, 9.17) is 0 Å². The van der Waals surface area contributed by atoms with Crippen LogP contribution in [0.25, 0.3) is 6.08 Å². The quantitative estimate of drug-likeness (QED) is 0.720. The summed E-state index contributed by atoms with van der Waals surface area (Å²) in [5.41, 5.74) is 0.806. The van der Waals surface area contributed by atoms with E-state index in [1.54, 1.807) is 6.92 Å². The van der Waals surface area contributed by atoms with Crippen LogP contribution in [-0.2, 0) is 9.59 Å². The summed E-state index contributed by atoms with van der Waals surface area (Å²) < 4.78 is 0. The van der Waals surface area contributed by atoms with Crippen molar-refractivity contribution in [3.63, 3.8) is 0 Å². The summed E-state index contributed by atoms with van der Waals surface area (Å²) in [5.74, 6) is 0.427. The van der Waals surface area contributed by atoms with Gasteiger partial charge in [0.25, 0.3) is 0 Å². The lowest BCUT2D eigenvalue weighted by Gasteiger charge is -2.40. The molecule has 1 aromatic rings. The maximum absolute atomic E-state index is 12.6. The van der Waals surface area contributed by atoms with Crippen LogP contribution in [0.15, 0.2) is 36.4 Å². The Hall–Kier alpha value is -1.74. The van der Waals surface area contributed by atoms with Crippen molar-refractivity contribution >= 4 is 17.6 Å². The van der Waals surface area contributed by atoms with Crippen LogP contribution >= 0.6 is 0 Å². The minimum Gasteiger partial charge on any atom is -0.300 e. The number of hydrogen-bond acceptors (Lipinski definition) is 3. The van der Waals surface area contributed by atoms with Crippen molar-refractivity contribution in [2.75, 3.05) is 19.6 Å². The number of carbonyl (C=O) groups excluding carboxylic acids is 2. The molecule has 0 radical (unpaired) electrons. The van der Waals surface area contributed by atoms with Gasteiger partial charge in [-0.15, -0.1) is 0 Å². The summed E-state index contributed by atoms with van der Waals surface area (Å²) in [7, 11) is 0. The van der Waals surface area contributed by atoms with Gasteiger partial charge in [-0.25, -0.2) is 0 Å². The van der Waals surface area contributed by atoms with Crippen LogP contribution in [0.1, 0.15) is 51.5 Å². The first kappa shape index (κ1) is 18.6. The number of piperidine rings is 1. The molecule has 0 atom stereocenters. The highest BCUT2D eigenvalue weighted by Crippen LogP contribution is 2.37. The normalized spacial score (nSPS) is 17.9. The molecule has 0 aliphatic carbocycles. The molecule has 0 aromatic heterocycles. The standard InChI is InChI=1S/C21H29NO2/c1-3-8-20(24)21(17-18(2)23)12-15-22(16-13-21)14-7-11-19-9-5-4-6-10-19/h4-7,9-11H,3,8,12-17H2,1-2H3. The Kier molecular flexibility index (Phi) is 6.92. The number of Topliss-reactive ketones (excluding diaryl/α,β-unsaturated/α-hetero) is 2. The van der Waals surface area contributed by atoms with E-state index in [1.807, 2.05) is 25.1 Å². The van der Waals surface area contributed by atoms with Gasteiger partial charge < -0.3 is 0 Å². The topological polar surface area (TPSA) is 37.4 Å². The first-order valence-electron chi connectivity index (χ1n) is 9.02. The second kappa shape index (κ2) is 8.93. The number of hydrogen-bond donors (Lipinski definition) is 0. The highest BCUT2D eigenvalue weighted by molar-refractivity contribution is 5.90. The lowest BCUT2D eigenvalue weighted by molar-refractivity contribution is -0.136. The third kappa shape index (κ3) is 5.13. The van der Waals surface area contributed by atoms with Gasteiger partial charge >= 0.3 is 0 Å². The van der Waals surface area contributed by atoms with E-state index < -0.39 is 5.41 Å². The zero-order valence-electron chi connectivity index (χ0n) is 15.0. The molecule has 1 heterocycles. The van der Waals surface area contributed by atoms with Gasteiger partial charge in [-0.05, 0) is 44.8 Å². The highest BCUT2D eigenvalue weighted by atomic mass is 16.1. The van der Waals surface area contributed by atoms with Gasteiger partial charge in [0.1, 0.15) is 11.6 Å². The van der Waals surface area contributed by atoms with Crippen molar-refractivity contribution in [2.24, 2.45) is 5.41 Å². The molecule has 3 heteroatoms. The van der Waals surface area contributed by atoms with Gasteiger partial charge in [0, 0.05) is 24.8 Å². The Morgan fingerprint density at radius 3 is 2.42 bits per heavy atom. The molecule has 0 amide bonds. The molecule has 0 N–H and O–H groups in total. The van der Waals surface area contributed by atoms with E-state index in [1.165, 1.54) is 5.56 Å². The number of likely N-dealkylation sites (tertiary alicyclic amines) is 1. The van der Waals surface area contributed by atoms with Crippen LogP contribution in [0.3, 0.4) is 0 Å². The van der Waals surface area contributed by atoms with E-state index in [2.05, 4.69) is 29.2 Å².